The van der Waals surface area contributed by atoms with Crippen LogP contribution in [-0.2, 0) is 6.54 Å². The van der Waals surface area contributed by atoms with Gasteiger partial charge in [0.15, 0.2) is 5.13 Å². The van der Waals surface area contributed by atoms with Crippen LogP contribution in [0.5, 0.6) is 0 Å². The van der Waals surface area contributed by atoms with Crippen LogP contribution in [-0.4, -0.2) is 15.9 Å². The monoisotopic (exact) mass is 427 g/mol. The van der Waals surface area contributed by atoms with Crippen molar-refractivity contribution in [3.63, 3.8) is 0 Å². The van der Waals surface area contributed by atoms with Gasteiger partial charge in [0, 0.05) is 6.20 Å². The molecule has 3 aromatic heterocycles. The number of aromatic nitrogens is 2. The first-order valence-corrected chi connectivity index (χ1v) is 10.5. The van der Waals surface area contributed by atoms with E-state index in [4.69, 9.17) is 9.40 Å². The van der Waals surface area contributed by atoms with Crippen LogP contribution in [0.25, 0.3) is 21.2 Å². The van der Waals surface area contributed by atoms with Crippen molar-refractivity contribution in [1.29, 1.82) is 0 Å². The molecule has 0 atom stereocenters. The number of fused-ring (bicyclic) bond motifs is 2. The van der Waals surface area contributed by atoms with E-state index in [2.05, 4.69) is 4.98 Å². The highest BCUT2D eigenvalue weighted by atomic mass is 32.1. The Morgan fingerprint density at radius 2 is 1.90 bits per heavy atom. The highest BCUT2D eigenvalue weighted by molar-refractivity contribution is 7.22. The Labute approximate surface area is 181 Å². The summed E-state index contributed by atoms with van der Waals surface area (Å²) in [4.78, 5) is 37.2. The first-order chi connectivity index (χ1) is 15.1. The summed E-state index contributed by atoms with van der Waals surface area (Å²) in [6, 6.07) is 18.3. The topological polar surface area (TPSA) is 76.3 Å². The van der Waals surface area contributed by atoms with E-state index >= 15 is 0 Å². The van der Waals surface area contributed by atoms with Crippen molar-refractivity contribution in [2.24, 2.45) is 0 Å². The maximum atomic E-state index is 13.6. The molecule has 31 heavy (non-hydrogen) atoms. The zero-order valence-corrected chi connectivity index (χ0v) is 17.4. The van der Waals surface area contributed by atoms with Crippen molar-refractivity contribution in [3.05, 3.63) is 100 Å². The molecule has 0 aliphatic carbocycles. The third-order valence-corrected chi connectivity index (χ3v) is 6.09. The summed E-state index contributed by atoms with van der Waals surface area (Å²) in [6.07, 6.45) is 2.90. The number of aryl methyl sites for hydroxylation is 1. The van der Waals surface area contributed by atoms with Gasteiger partial charge in [0.1, 0.15) is 17.4 Å². The Morgan fingerprint density at radius 1 is 1.06 bits per heavy atom. The van der Waals surface area contributed by atoms with Crippen LogP contribution in [0, 0.1) is 6.92 Å². The summed E-state index contributed by atoms with van der Waals surface area (Å²) in [5.74, 6) is -0.470. The lowest BCUT2D eigenvalue weighted by molar-refractivity contribution is 0.0982. The van der Waals surface area contributed by atoms with Gasteiger partial charge in [-0.05, 0) is 42.8 Å². The van der Waals surface area contributed by atoms with Crippen molar-refractivity contribution in [3.8, 4) is 0 Å². The molecule has 0 aliphatic heterocycles. The third kappa shape index (κ3) is 3.49. The first-order valence-electron chi connectivity index (χ1n) is 9.70. The van der Waals surface area contributed by atoms with Crippen molar-refractivity contribution >= 4 is 43.6 Å². The van der Waals surface area contributed by atoms with Gasteiger partial charge >= 0.3 is 0 Å². The minimum atomic E-state index is -0.470. The number of benzene rings is 2. The average molecular weight is 427 g/mol. The molecular weight excluding hydrogens is 410 g/mol. The number of nitrogens with zero attached hydrogens (tertiary/aromatic N) is 3. The van der Waals surface area contributed by atoms with Gasteiger partial charge in [-0.25, -0.2) is 4.98 Å². The molecule has 152 valence electrons. The fourth-order valence-corrected chi connectivity index (χ4v) is 4.48. The van der Waals surface area contributed by atoms with Crippen LogP contribution in [0.4, 0.5) is 5.13 Å². The normalized spacial score (nSPS) is 11.1. The lowest BCUT2D eigenvalue weighted by atomic mass is 10.1. The number of amides is 1. The second-order valence-corrected chi connectivity index (χ2v) is 8.11. The number of hydrogen-bond donors (Lipinski definition) is 0. The minimum Gasteiger partial charge on any atom is -0.463 e. The van der Waals surface area contributed by atoms with Gasteiger partial charge in [0.05, 0.1) is 27.8 Å². The van der Waals surface area contributed by atoms with Crippen LogP contribution in [0.3, 0.4) is 0 Å². The predicted octanol–water partition coefficient (Wildman–Crippen LogP) is 4.95. The Balaban J connectivity index is 1.64. The molecule has 5 rings (SSSR count). The minimum absolute atomic E-state index is 0.0365. The maximum absolute atomic E-state index is 13.6. The largest absolute Gasteiger partial charge is 0.463 e. The third-order valence-electron chi connectivity index (χ3n) is 5.04. The number of anilines is 1. The predicted molar refractivity (Wildman–Crippen MR) is 122 cm³/mol. The fraction of sp³-hybridized carbons (Fsp3) is 0.0833. The molecule has 3 heterocycles. The van der Waals surface area contributed by atoms with E-state index in [1.807, 2.05) is 43.3 Å². The molecule has 7 heteroatoms. The van der Waals surface area contributed by atoms with Crippen molar-refractivity contribution in [2.45, 2.75) is 13.5 Å². The lowest BCUT2D eigenvalue weighted by Crippen LogP contribution is -2.34. The molecule has 0 radical (unpaired) electrons. The van der Waals surface area contributed by atoms with Crippen molar-refractivity contribution < 1.29 is 9.21 Å². The second-order valence-electron chi connectivity index (χ2n) is 7.11. The van der Waals surface area contributed by atoms with E-state index < -0.39 is 5.91 Å². The van der Waals surface area contributed by atoms with E-state index in [1.54, 1.807) is 30.5 Å². The number of thiazole rings is 1. The van der Waals surface area contributed by atoms with Gasteiger partial charge in [0.2, 0.25) is 5.43 Å². The number of rotatable bonds is 4. The molecule has 0 spiro atoms. The molecule has 0 saturated carbocycles. The summed E-state index contributed by atoms with van der Waals surface area (Å²) in [5, 5.41) is 0.874. The smallest absolute Gasteiger partial charge is 0.267 e. The SMILES string of the molecule is Cc1cccc2sc(N(Cc3ccccn3)C(=O)c3coc4ccccc4c3=O)nc12. The quantitative estimate of drug-likeness (QED) is 0.405. The maximum Gasteiger partial charge on any atom is 0.267 e. The second kappa shape index (κ2) is 7.77. The molecule has 5 aromatic rings. The highest BCUT2D eigenvalue weighted by Crippen LogP contribution is 2.32. The number of para-hydroxylation sites is 2. The number of carbonyl (C=O) groups is 1. The Kier molecular flexibility index (Phi) is 4.80. The molecule has 0 aliphatic rings. The van der Waals surface area contributed by atoms with Crippen LogP contribution in [0.1, 0.15) is 21.6 Å². The van der Waals surface area contributed by atoms with Gasteiger partial charge in [-0.2, -0.15) is 0 Å². The molecule has 0 fully saturated rings. The van der Waals surface area contributed by atoms with Crippen LogP contribution < -0.4 is 10.3 Å². The van der Waals surface area contributed by atoms with Crippen LogP contribution >= 0.6 is 11.3 Å². The fourth-order valence-electron chi connectivity index (χ4n) is 3.44. The number of pyridine rings is 1. The molecule has 0 bridgehead atoms. The molecule has 0 N–H and O–H groups in total. The molecule has 6 nitrogen and oxygen atoms in total. The number of hydrogen-bond acceptors (Lipinski definition) is 6. The molecule has 1 amide bonds. The lowest BCUT2D eigenvalue weighted by Gasteiger charge is -2.19. The summed E-state index contributed by atoms with van der Waals surface area (Å²) >= 11 is 1.40. The van der Waals surface area contributed by atoms with Crippen LogP contribution in [0.2, 0.25) is 0 Å². The summed E-state index contributed by atoms with van der Waals surface area (Å²) in [6.45, 7) is 2.17. The van der Waals surface area contributed by atoms with Gasteiger partial charge in [-0.15, -0.1) is 0 Å². The van der Waals surface area contributed by atoms with Crippen molar-refractivity contribution in [1.82, 2.24) is 9.97 Å². The Morgan fingerprint density at radius 3 is 2.71 bits per heavy atom. The van der Waals surface area contributed by atoms with E-state index in [1.165, 1.54) is 22.5 Å². The molecule has 2 aromatic carbocycles. The van der Waals surface area contributed by atoms with Gasteiger partial charge in [-0.3, -0.25) is 19.5 Å². The van der Waals surface area contributed by atoms with Crippen LogP contribution in [0.15, 0.2) is 82.3 Å². The number of carbonyl (C=O) groups excluding carboxylic acids is 1. The Hall–Kier alpha value is -3.84. The summed E-state index contributed by atoms with van der Waals surface area (Å²) in [7, 11) is 0. The summed E-state index contributed by atoms with van der Waals surface area (Å²) < 4.78 is 6.55. The molecule has 0 unspecified atom stereocenters. The standard InChI is InChI=1S/C24H17N3O3S/c1-15-7-6-11-20-21(15)26-24(31-20)27(13-16-8-4-5-12-25-16)23(29)18-14-30-19-10-3-2-9-17(19)22(18)28/h2-12,14H,13H2,1H3. The van der Waals surface area contributed by atoms with Gasteiger partial charge < -0.3 is 4.42 Å². The summed E-state index contributed by atoms with van der Waals surface area (Å²) in [5.41, 5.74) is 2.59. The zero-order chi connectivity index (χ0) is 21.4. The molecule has 0 saturated heterocycles. The van der Waals surface area contributed by atoms with E-state index in [0.717, 1.165) is 15.8 Å². The Bertz CT molecular complexity index is 1470. The van der Waals surface area contributed by atoms with Gasteiger partial charge in [-0.1, -0.05) is 41.7 Å². The van der Waals surface area contributed by atoms with E-state index in [9.17, 15) is 9.59 Å². The molecular formula is C24H17N3O3S. The van der Waals surface area contributed by atoms with Gasteiger partial charge in [0.25, 0.3) is 5.91 Å². The van der Waals surface area contributed by atoms with E-state index in [0.29, 0.717) is 21.8 Å². The van der Waals surface area contributed by atoms with E-state index in [-0.39, 0.29) is 17.5 Å². The average Bonchev–Trinajstić information content (AvgIpc) is 3.24. The van der Waals surface area contributed by atoms with Crippen molar-refractivity contribution in [2.75, 3.05) is 4.90 Å². The first kappa shape index (κ1) is 19.1. The zero-order valence-electron chi connectivity index (χ0n) is 16.6. The highest BCUT2D eigenvalue weighted by Gasteiger charge is 2.26.